The lowest BCUT2D eigenvalue weighted by atomic mass is 10.2. The first kappa shape index (κ1) is 18.2. The predicted molar refractivity (Wildman–Crippen MR) is 71.1 cm³/mol. The van der Waals surface area contributed by atoms with Gasteiger partial charge in [-0.15, -0.1) is 0 Å². The lowest BCUT2D eigenvalue weighted by Crippen LogP contribution is -2.34. The molecular weight excluding hydrogens is 314 g/mol. The minimum absolute atomic E-state index is 0.214. The van der Waals surface area contributed by atoms with E-state index in [4.69, 9.17) is 16.3 Å². The van der Waals surface area contributed by atoms with Crippen LogP contribution in [0.2, 0.25) is 5.02 Å². The molecule has 1 atom stereocenters. The number of likely N-dealkylation sites (N-methyl/N-ethyl adjacent to an activating group) is 1. The molecule has 1 heterocycles. The third-order valence-corrected chi connectivity index (χ3v) is 3.14. The largest absolute Gasteiger partial charge is 0.373 e. The van der Waals surface area contributed by atoms with E-state index in [2.05, 4.69) is 10.4 Å². The summed E-state index contributed by atoms with van der Waals surface area (Å²) in [5.41, 5.74) is 0.585. The molecule has 0 saturated carbocycles. The van der Waals surface area contributed by atoms with Crippen molar-refractivity contribution < 1.29 is 22.3 Å². The number of ether oxygens (including phenoxy) is 1. The monoisotopic (exact) mass is 331 g/mol. The van der Waals surface area contributed by atoms with Crippen molar-refractivity contribution in [2.24, 2.45) is 0 Å². The highest BCUT2D eigenvalue weighted by molar-refractivity contribution is 6.31. The van der Waals surface area contributed by atoms with Gasteiger partial charge in [-0.25, -0.2) is 8.78 Å². The van der Waals surface area contributed by atoms with E-state index in [1.807, 2.05) is 6.92 Å². The van der Waals surface area contributed by atoms with Crippen LogP contribution in [0.5, 0.6) is 0 Å². The fourth-order valence-electron chi connectivity index (χ4n) is 1.78. The molecule has 1 N–H and O–H groups in total. The molecular formula is C12H18ClF4N3O. The van der Waals surface area contributed by atoms with E-state index in [1.54, 1.807) is 11.7 Å². The van der Waals surface area contributed by atoms with E-state index in [0.29, 0.717) is 17.3 Å². The molecule has 21 heavy (non-hydrogen) atoms. The molecule has 0 amide bonds. The zero-order chi connectivity index (χ0) is 16.0. The third kappa shape index (κ3) is 4.82. The fourth-order valence-corrected chi connectivity index (χ4v) is 2.06. The molecule has 0 aromatic carbocycles. The van der Waals surface area contributed by atoms with Crippen molar-refractivity contribution in [3.8, 4) is 0 Å². The number of aromatic nitrogens is 2. The minimum Gasteiger partial charge on any atom is -0.373 e. The van der Waals surface area contributed by atoms with Gasteiger partial charge in [0.25, 0.3) is 0 Å². The van der Waals surface area contributed by atoms with Crippen LogP contribution < -0.4 is 5.32 Å². The van der Waals surface area contributed by atoms with Crippen LogP contribution in [0.15, 0.2) is 6.20 Å². The van der Waals surface area contributed by atoms with Crippen molar-refractivity contribution in [1.29, 1.82) is 0 Å². The molecule has 122 valence electrons. The highest BCUT2D eigenvalue weighted by Gasteiger charge is 2.41. The number of aryl methyl sites for hydroxylation is 1. The summed E-state index contributed by atoms with van der Waals surface area (Å²) in [6, 6.07) is -0.514. The molecule has 0 aliphatic rings. The average molecular weight is 332 g/mol. The van der Waals surface area contributed by atoms with E-state index in [0.717, 1.165) is 6.42 Å². The second-order valence-corrected chi connectivity index (χ2v) is 4.93. The lowest BCUT2D eigenvalue weighted by Gasteiger charge is -2.21. The molecule has 1 aromatic heterocycles. The third-order valence-electron chi connectivity index (χ3n) is 2.85. The number of rotatable bonds is 9. The van der Waals surface area contributed by atoms with E-state index in [1.165, 1.54) is 6.20 Å². The zero-order valence-electron chi connectivity index (χ0n) is 11.8. The molecule has 0 aliphatic carbocycles. The van der Waals surface area contributed by atoms with Crippen molar-refractivity contribution >= 4 is 11.6 Å². The highest BCUT2D eigenvalue weighted by Crippen LogP contribution is 2.26. The van der Waals surface area contributed by atoms with Crippen molar-refractivity contribution in [2.75, 3.05) is 20.3 Å². The van der Waals surface area contributed by atoms with Crippen molar-refractivity contribution in [3.63, 3.8) is 0 Å². The molecule has 0 bridgehead atoms. The maximum absolute atomic E-state index is 12.8. The quantitative estimate of drug-likeness (QED) is 0.707. The van der Waals surface area contributed by atoms with Gasteiger partial charge in [-0.1, -0.05) is 18.5 Å². The van der Waals surface area contributed by atoms with Gasteiger partial charge < -0.3 is 10.1 Å². The number of nitrogens with zero attached hydrogens (tertiary/aromatic N) is 2. The molecule has 1 aromatic rings. The molecule has 1 unspecified atom stereocenters. The maximum atomic E-state index is 12.8. The topological polar surface area (TPSA) is 39.1 Å². The Morgan fingerprint density at radius 3 is 2.67 bits per heavy atom. The van der Waals surface area contributed by atoms with Gasteiger partial charge in [0.2, 0.25) is 0 Å². The standard InChI is InChI=1S/C12H18ClF4N3O/c1-3-4-20-10(8(13)5-19-20)9(18-2)6-21-7-12(16,17)11(14)15/h5,9,11,18H,3-4,6-7H2,1-2H3. The van der Waals surface area contributed by atoms with Crippen LogP contribution >= 0.6 is 11.6 Å². The number of hydrogen-bond acceptors (Lipinski definition) is 3. The SMILES string of the molecule is CCCn1ncc(Cl)c1C(COCC(F)(F)C(F)F)NC. The summed E-state index contributed by atoms with van der Waals surface area (Å²) in [7, 11) is 1.60. The Morgan fingerprint density at radius 1 is 1.48 bits per heavy atom. The van der Waals surface area contributed by atoms with Crippen LogP contribution in [-0.2, 0) is 11.3 Å². The second kappa shape index (κ2) is 7.95. The number of nitrogens with one attached hydrogen (secondary N) is 1. The Morgan fingerprint density at radius 2 is 2.14 bits per heavy atom. The Bertz CT molecular complexity index is 442. The van der Waals surface area contributed by atoms with E-state index in [9.17, 15) is 17.6 Å². The molecule has 1 rings (SSSR count). The van der Waals surface area contributed by atoms with E-state index < -0.39 is 25.0 Å². The van der Waals surface area contributed by atoms with Crippen LogP contribution in [0.4, 0.5) is 17.6 Å². The highest BCUT2D eigenvalue weighted by atomic mass is 35.5. The van der Waals surface area contributed by atoms with Gasteiger partial charge in [-0.2, -0.15) is 13.9 Å². The molecule has 0 spiro atoms. The minimum atomic E-state index is -4.16. The van der Waals surface area contributed by atoms with E-state index >= 15 is 0 Å². The zero-order valence-corrected chi connectivity index (χ0v) is 12.5. The predicted octanol–water partition coefficient (Wildman–Crippen LogP) is 3.12. The van der Waals surface area contributed by atoms with Gasteiger partial charge in [0.1, 0.15) is 6.61 Å². The first-order valence-corrected chi connectivity index (χ1v) is 6.83. The average Bonchev–Trinajstić information content (AvgIpc) is 2.76. The van der Waals surface area contributed by atoms with Gasteiger partial charge in [0, 0.05) is 6.54 Å². The summed E-state index contributed by atoms with van der Waals surface area (Å²) in [6.45, 7) is 0.997. The van der Waals surface area contributed by atoms with Gasteiger partial charge in [-0.05, 0) is 13.5 Å². The van der Waals surface area contributed by atoms with Gasteiger partial charge >= 0.3 is 12.3 Å². The van der Waals surface area contributed by atoms with Crippen molar-refractivity contribution in [2.45, 2.75) is 38.3 Å². The summed E-state index contributed by atoms with van der Waals surface area (Å²) in [6.07, 6.45) is -1.49. The second-order valence-electron chi connectivity index (χ2n) is 4.52. The number of hydrogen-bond donors (Lipinski definition) is 1. The molecule has 9 heteroatoms. The Kier molecular flexibility index (Phi) is 6.89. The smallest absolute Gasteiger partial charge is 0.330 e. The van der Waals surface area contributed by atoms with E-state index in [-0.39, 0.29) is 6.61 Å². The first-order chi connectivity index (χ1) is 9.83. The van der Waals surface area contributed by atoms with Gasteiger partial charge in [0.15, 0.2) is 0 Å². The molecule has 0 aliphatic heterocycles. The summed E-state index contributed by atoms with van der Waals surface area (Å²) < 4.78 is 56.0. The van der Waals surface area contributed by atoms with Crippen LogP contribution in [0.1, 0.15) is 25.1 Å². The molecule has 4 nitrogen and oxygen atoms in total. The molecule has 0 radical (unpaired) electrons. The number of halogens is 5. The van der Waals surface area contributed by atoms with Gasteiger partial charge in [-0.3, -0.25) is 4.68 Å². The summed E-state index contributed by atoms with van der Waals surface area (Å²) >= 11 is 6.03. The first-order valence-electron chi connectivity index (χ1n) is 6.45. The van der Waals surface area contributed by atoms with Crippen LogP contribution in [0.25, 0.3) is 0 Å². The summed E-state index contributed by atoms with van der Waals surface area (Å²) in [5, 5.41) is 7.30. The Hall–Kier alpha value is -0.860. The van der Waals surface area contributed by atoms with Crippen LogP contribution in [-0.4, -0.2) is 42.4 Å². The Labute approximate surface area is 125 Å². The van der Waals surface area contributed by atoms with Crippen molar-refractivity contribution in [3.05, 3.63) is 16.9 Å². The van der Waals surface area contributed by atoms with Crippen LogP contribution in [0.3, 0.4) is 0 Å². The molecule has 0 saturated heterocycles. The molecule has 0 fully saturated rings. The summed E-state index contributed by atoms with van der Waals surface area (Å²) in [4.78, 5) is 0. The fraction of sp³-hybridized carbons (Fsp3) is 0.750. The lowest BCUT2D eigenvalue weighted by molar-refractivity contribution is -0.167. The Balaban J connectivity index is 2.70. The van der Waals surface area contributed by atoms with Crippen molar-refractivity contribution in [1.82, 2.24) is 15.1 Å². The normalized spacial score (nSPS) is 13.9. The van der Waals surface area contributed by atoms with Gasteiger partial charge in [0.05, 0.1) is 29.6 Å². The summed E-state index contributed by atoms with van der Waals surface area (Å²) in [5.74, 6) is -4.16. The maximum Gasteiger partial charge on any atom is 0.330 e. The number of alkyl halides is 4. The van der Waals surface area contributed by atoms with Crippen LogP contribution in [0, 0.1) is 0 Å².